The van der Waals surface area contributed by atoms with Gasteiger partial charge in [0, 0.05) is 10.9 Å². The molecule has 0 saturated heterocycles. The van der Waals surface area contributed by atoms with Crippen molar-refractivity contribution in [2.75, 3.05) is 5.73 Å². The van der Waals surface area contributed by atoms with E-state index in [1.54, 1.807) is 30.3 Å². The van der Waals surface area contributed by atoms with Gasteiger partial charge in [0.15, 0.2) is 5.82 Å². The van der Waals surface area contributed by atoms with Gasteiger partial charge in [-0.2, -0.15) is 0 Å². The van der Waals surface area contributed by atoms with Gasteiger partial charge in [-0.05, 0) is 30.3 Å². The van der Waals surface area contributed by atoms with E-state index in [1.165, 1.54) is 0 Å². The van der Waals surface area contributed by atoms with Crippen LogP contribution in [0.2, 0.25) is 10.0 Å². The third-order valence-electron chi connectivity index (χ3n) is 3.66. The first-order valence-corrected chi connectivity index (χ1v) is 7.74. The molecular weight excluding hydrogens is 349 g/mol. The average molecular weight is 358 g/mol. The van der Waals surface area contributed by atoms with Crippen molar-refractivity contribution in [2.24, 2.45) is 0 Å². The van der Waals surface area contributed by atoms with Crippen molar-refractivity contribution < 1.29 is 4.42 Å². The summed E-state index contributed by atoms with van der Waals surface area (Å²) in [5.41, 5.74) is 6.94. The smallest absolute Gasteiger partial charge is 0.349 e. The van der Waals surface area contributed by atoms with Crippen molar-refractivity contribution in [3.05, 3.63) is 62.9 Å². The fourth-order valence-corrected chi connectivity index (χ4v) is 2.84. The van der Waals surface area contributed by atoms with Gasteiger partial charge < -0.3 is 10.2 Å². The Balaban J connectivity index is 2.11. The van der Waals surface area contributed by atoms with Crippen molar-refractivity contribution in [1.82, 2.24) is 9.97 Å². The van der Waals surface area contributed by atoms with E-state index >= 15 is 0 Å². The van der Waals surface area contributed by atoms with E-state index < -0.39 is 5.63 Å². The van der Waals surface area contributed by atoms with Crippen LogP contribution in [0.1, 0.15) is 0 Å². The van der Waals surface area contributed by atoms with Crippen LogP contribution in [0.5, 0.6) is 0 Å². The molecule has 118 valence electrons. The Kier molecular flexibility index (Phi) is 3.40. The molecule has 0 saturated carbocycles. The van der Waals surface area contributed by atoms with Crippen LogP contribution in [-0.4, -0.2) is 9.97 Å². The molecule has 5 nitrogen and oxygen atoms in total. The zero-order chi connectivity index (χ0) is 16.8. The number of anilines is 1. The molecule has 0 aliphatic carbocycles. The third-order valence-corrected chi connectivity index (χ3v) is 4.40. The Morgan fingerprint density at radius 3 is 2.58 bits per heavy atom. The van der Waals surface area contributed by atoms with E-state index in [-0.39, 0.29) is 11.2 Å². The van der Waals surface area contributed by atoms with Crippen LogP contribution < -0.4 is 11.4 Å². The van der Waals surface area contributed by atoms with Gasteiger partial charge in [-0.3, -0.25) is 0 Å². The first-order chi connectivity index (χ1) is 11.5. The molecule has 2 N–H and O–H groups in total. The van der Waals surface area contributed by atoms with Crippen molar-refractivity contribution in [3.8, 4) is 11.4 Å². The van der Waals surface area contributed by atoms with E-state index in [0.717, 1.165) is 0 Å². The number of aromatic nitrogens is 2. The van der Waals surface area contributed by atoms with Crippen LogP contribution in [0, 0.1) is 0 Å². The van der Waals surface area contributed by atoms with Crippen LogP contribution in [0.3, 0.4) is 0 Å². The first kappa shape index (κ1) is 14.9. The Morgan fingerprint density at radius 2 is 1.79 bits per heavy atom. The second kappa shape index (κ2) is 5.47. The summed E-state index contributed by atoms with van der Waals surface area (Å²) in [4.78, 5) is 20.9. The molecule has 2 aromatic carbocycles. The minimum atomic E-state index is -0.568. The molecule has 0 fully saturated rings. The standard InChI is InChI=1S/C17H9Cl2N3O2/c18-10-6-5-8(7-11(10)19)16-21-14-9-3-1-2-4-12(9)24-17(23)13(14)15(20)22-16/h1-7H,(H2,20,21,22). The van der Waals surface area contributed by atoms with Crippen LogP contribution in [0.15, 0.2) is 51.7 Å². The molecule has 4 rings (SSSR count). The molecule has 24 heavy (non-hydrogen) atoms. The lowest BCUT2D eigenvalue weighted by Crippen LogP contribution is -2.08. The summed E-state index contributed by atoms with van der Waals surface area (Å²) < 4.78 is 5.28. The molecular formula is C17H9Cl2N3O2. The summed E-state index contributed by atoms with van der Waals surface area (Å²) in [7, 11) is 0. The summed E-state index contributed by atoms with van der Waals surface area (Å²) >= 11 is 12.0. The third kappa shape index (κ3) is 2.29. The maximum atomic E-state index is 12.2. The predicted octanol–water partition coefficient (Wildman–Crippen LogP) is 4.29. The van der Waals surface area contributed by atoms with Gasteiger partial charge in [-0.15, -0.1) is 0 Å². The zero-order valence-corrected chi connectivity index (χ0v) is 13.6. The van der Waals surface area contributed by atoms with Gasteiger partial charge in [0.1, 0.15) is 16.8 Å². The minimum Gasteiger partial charge on any atom is -0.422 e. The molecule has 0 atom stereocenters. The van der Waals surface area contributed by atoms with Crippen LogP contribution in [0.25, 0.3) is 33.3 Å². The van der Waals surface area contributed by atoms with Gasteiger partial charge in [0.25, 0.3) is 0 Å². The van der Waals surface area contributed by atoms with Gasteiger partial charge in [0.2, 0.25) is 0 Å². The Hall–Kier alpha value is -2.63. The maximum Gasteiger partial charge on any atom is 0.349 e. The van der Waals surface area contributed by atoms with Gasteiger partial charge >= 0.3 is 5.63 Å². The lowest BCUT2D eigenvalue weighted by molar-refractivity contribution is 0.569. The maximum absolute atomic E-state index is 12.2. The largest absolute Gasteiger partial charge is 0.422 e. The lowest BCUT2D eigenvalue weighted by Gasteiger charge is -2.07. The first-order valence-electron chi connectivity index (χ1n) is 6.99. The highest BCUT2D eigenvalue weighted by molar-refractivity contribution is 6.42. The van der Waals surface area contributed by atoms with Crippen molar-refractivity contribution in [1.29, 1.82) is 0 Å². The summed E-state index contributed by atoms with van der Waals surface area (Å²) in [6.45, 7) is 0. The molecule has 0 aliphatic heterocycles. The second-order valence-electron chi connectivity index (χ2n) is 5.17. The molecule has 0 bridgehead atoms. The Labute approximate surface area is 145 Å². The Morgan fingerprint density at radius 1 is 1.00 bits per heavy atom. The van der Waals surface area contributed by atoms with E-state index in [0.29, 0.717) is 37.9 Å². The van der Waals surface area contributed by atoms with E-state index in [1.807, 2.05) is 12.1 Å². The van der Waals surface area contributed by atoms with Gasteiger partial charge in [0.05, 0.1) is 15.6 Å². The number of hydrogen-bond acceptors (Lipinski definition) is 5. The molecule has 2 heterocycles. The topological polar surface area (TPSA) is 82.0 Å². The molecule has 2 aromatic heterocycles. The molecule has 7 heteroatoms. The zero-order valence-electron chi connectivity index (χ0n) is 12.1. The van der Waals surface area contributed by atoms with Crippen LogP contribution in [0.4, 0.5) is 5.82 Å². The van der Waals surface area contributed by atoms with Crippen molar-refractivity contribution in [2.45, 2.75) is 0 Å². The number of para-hydroxylation sites is 1. The average Bonchev–Trinajstić information content (AvgIpc) is 2.57. The molecule has 0 radical (unpaired) electrons. The molecule has 0 unspecified atom stereocenters. The molecule has 0 amide bonds. The Bertz CT molecular complexity index is 1170. The number of halogens is 2. The minimum absolute atomic E-state index is 0.0561. The molecule has 0 aliphatic rings. The summed E-state index contributed by atoms with van der Waals surface area (Å²) in [6.07, 6.45) is 0. The second-order valence-corrected chi connectivity index (χ2v) is 5.99. The van der Waals surface area contributed by atoms with E-state index in [4.69, 9.17) is 33.4 Å². The van der Waals surface area contributed by atoms with Crippen LogP contribution >= 0.6 is 23.2 Å². The number of nitrogens with two attached hydrogens (primary N) is 1. The van der Waals surface area contributed by atoms with Crippen molar-refractivity contribution in [3.63, 3.8) is 0 Å². The monoisotopic (exact) mass is 357 g/mol. The number of rotatable bonds is 1. The number of fused-ring (bicyclic) bond motifs is 3. The van der Waals surface area contributed by atoms with Gasteiger partial charge in [-0.1, -0.05) is 35.3 Å². The fraction of sp³-hybridized carbons (Fsp3) is 0. The normalized spacial score (nSPS) is 11.2. The fourth-order valence-electron chi connectivity index (χ4n) is 2.54. The van der Waals surface area contributed by atoms with E-state index in [9.17, 15) is 4.79 Å². The summed E-state index contributed by atoms with van der Waals surface area (Å²) in [5.74, 6) is 0.412. The van der Waals surface area contributed by atoms with Gasteiger partial charge in [-0.25, -0.2) is 14.8 Å². The predicted molar refractivity (Wildman–Crippen MR) is 95.4 cm³/mol. The van der Waals surface area contributed by atoms with Crippen LogP contribution in [-0.2, 0) is 0 Å². The highest BCUT2D eigenvalue weighted by Crippen LogP contribution is 2.30. The highest BCUT2D eigenvalue weighted by Gasteiger charge is 2.15. The lowest BCUT2D eigenvalue weighted by atomic mass is 10.1. The van der Waals surface area contributed by atoms with E-state index in [2.05, 4.69) is 9.97 Å². The number of benzene rings is 2. The highest BCUT2D eigenvalue weighted by atomic mass is 35.5. The SMILES string of the molecule is Nc1nc(-c2ccc(Cl)c(Cl)c2)nc2c1c(=O)oc1ccccc12. The number of hydrogen-bond donors (Lipinski definition) is 1. The number of nitrogens with zero attached hydrogens (tertiary/aromatic N) is 2. The summed E-state index contributed by atoms with van der Waals surface area (Å²) in [5, 5.41) is 1.66. The molecule has 0 spiro atoms. The summed E-state index contributed by atoms with van der Waals surface area (Å²) in [6, 6.07) is 12.2. The number of nitrogen functional groups attached to an aromatic ring is 1. The van der Waals surface area contributed by atoms with Crippen molar-refractivity contribution >= 4 is 50.9 Å². The quantitative estimate of drug-likeness (QED) is 0.405. The molecule has 4 aromatic rings.